The third kappa shape index (κ3) is 3.64. The van der Waals surface area contributed by atoms with E-state index in [1.54, 1.807) is 19.1 Å². The van der Waals surface area contributed by atoms with E-state index in [1.807, 2.05) is 30.3 Å². The SMILES string of the molecule is CCOC(=O)[C-](C#N)c1cc(-c2ccccc2)no1.[Na+]. The summed E-state index contributed by atoms with van der Waals surface area (Å²) in [6, 6.07) is 12.7. The molecule has 0 aliphatic carbocycles. The Balaban J connectivity index is 0.00000200. The van der Waals surface area contributed by atoms with Crippen molar-refractivity contribution < 1.29 is 43.6 Å². The molecule has 96 valence electrons. The van der Waals surface area contributed by atoms with Crippen LogP contribution in [0.1, 0.15) is 12.7 Å². The number of aromatic nitrogens is 1. The van der Waals surface area contributed by atoms with Gasteiger partial charge in [-0.15, -0.1) is 11.2 Å². The van der Waals surface area contributed by atoms with Gasteiger partial charge in [0.25, 0.3) is 5.97 Å². The average molecular weight is 278 g/mol. The molecular weight excluding hydrogens is 267 g/mol. The zero-order valence-electron chi connectivity index (χ0n) is 11.3. The number of esters is 1. The predicted octanol–water partition coefficient (Wildman–Crippen LogP) is -0.645. The van der Waals surface area contributed by atoms with Crippen LogP contribution in [0.3, 0.4) is 0 Å². The van der Waals surface area contributed by atoms with Crippen LogP contribution in [-0.4, -0.2) is 17.7 Å². The van der Waals surface area contributed by atoms with Crippen LogP contribution in [-0.2, 0) is 9.53 Å². The van der Waals surface area contributed by atoms with Crippen molar-refractivity contribution in [2.75, 3.05) is 6.61 Å². The number of hydrogen-bond acceptors (Lipinski definition) is 5. The minimum absolute atomic E-state index is 0. The van der Waals surface area contributed by atoms with Crippen molar-refractivity contribution in [1.82, 2.24) is 5.16 Å². The smallest absolute Gasteiger partial charge is 0.475 e. The fraction of sp³-hybridized carbons (Fsp3) is 0.143. The van der Waals surface area contributed by atoms with E-state index in [2.05, 4.69) is 5.16 Å². The maximum atomic E-state index is 11.6. The number of benzene rings is 1. The maximum absolute atomic E-state index is 11.6. The second-order valence-electron chi connectivity index (χ2n) is 3.65. The van der Waals surface area contributed by atoms with Crippen molar-refractivity contribution in [3.05, 3.63) is 48.1 Å². The van der Waals surface area contributed by atoms with Crippen LogP contribution < -0.4 is 29.6 Å². The molecule has 2 aromatic rings. The van der Waals surface area contributed by atoms with E-state index in [-0.39, 0.29) is 47.8 Å². The Bertz CT molecular complexity index is 604. The first-order chi connectivity index (χ1) is 9.26. The van der Waals surface area contributed by atoms with Crippen molar-refractivity contribution in [2.45, 2.75) is 6.92 Å². The topological polar surface area (TPSA) is 76.1 Å². The monoisotopic (exact) mass is 278 g/mol. The molecule has 2 rings (SSSR count). The minimum atomic E-state index is -0.708. The first-order valence-electron chi connectivity index (χ1n) is 5.73. The van der Waals surface area contributed by atoms with Crippen LogP contribution in [0.2, 0.25) is 0 Å². The first-order valence-corrected chi connectivity index (χ1v) is 5.73. The Hall–Kier alpha value is -1.74. The molecule has 6 heteroatoms. The van der Waals surface area contributed by atoms with E-state index in [1.165, 1.54) is 0 Å². The van der Waals surface area contributed by atoms with Crippen LogP contribution in [0.5, 0.6) is 0 Å². The summed E-state index contributed by atoms with van der Waals surface area (Å²) in [7, 11) is 0. The summed E-state index contributed by atoms with van der Waals surface area (Å²) < 4.78 is 9.81. The third-order valence-electron chi connectivity index (χ3n) is 2.42. The number of nitrogens with zero attached hydrogens (tertiary/aromatic N) is 2. The molecule has 1 heterocycles. The first kappa shape index (κ1) is 16.3. The van der Waals surface area contributed by atoms with Crippen LogP contribution in [0, 0.1) is 17.2 Å². The second-order valence-corrected chi connectivity index (χ2v) is 3.65. The third-order valence-corrected chi connectivity index (χ3v) is 2.42. The van der Waals surface area contributed by atoms with Crippen LogP contribution in [0.4, 0.5) is 0 Å². The molecule has 1 aromatic heterocycles. The fourth-order valence-corrected chi connectivity index (χ4v) is 1.54. The summed E-state index contributed by atoms with van der Waals surface area (Å²) in [4.78, 5) is 11.6. The molecule has 0 atom stereocenters. The van der Waals surface area contributed by atoms with Gasteiger partial charge in [-0.25, -0.2) is 5.26 Å². The van der Waals surface area contributed by atoms with E-state index in [9.17, 15) is 4.79 Å². The van der Waals surface area contributed by atoms with Gasteiger partial charge in [-0.2, -0.15) is 0 Å². The van der Waals surface area contributed by atoms with Gasteiger partial charge in [0.15, 0.2) is 0 Å². The van der Waals surface area contributed by atoms with Crippen molar-refractivity contribution in [1.29, 1.82) is 5.26 Å². The maximum Gasteiger partial charge on any atom is 1.00 e. The Morgan fingerprint density at radius 3 is 2.75 bits per heavy atom. The van der Waals surface area contributed by atoms with Gasteiger partial charge < -0.3 is 9.26 Å². The molecule has 0 aliphatic heterocycles. The number of ether oxygens (including phenoxy) is 1. The van der Waals surface area contributed by atoms with Gasteiger partial charge in [0.1, 0.15) is 0 Å². The standard InChI is InChI=1S/C14H11N2O3.Na/c1-2-18-14(17)11(9-15)13-8-12(16-19-13)10-6-4-3-5-7-10;/h3-8H,2H2,1H3;/q-1;+1. The molecule has 0 fully saturated rings. The van der Waals surface area contributed by atoms with E-state index in [4.69, 9.17) is 14.5 Å². The van der Waals surface area contributed by atoms with Crippen LogP contribution >= 0.6 is 0 Å². The molecule has 1 aromatic carbocycles. The minimum Gasteiger partial charge on any atom is -0.475 e. The van der Waals surface area contributed by atoms with Gasteiger partial charge in [0.2, 0.25) is 0 Å². The molecule has 20 heavy (non-hydrogen) atoms. The van der Waals surface area contributed by atoms with E-state index >= 15 is 0 Å². The quantitative estimate of drug-likeness (QED) is 0.422. The number of rotatable bonds is 4. The Morgan fingerprint density at radius 2 is 2.15 bits per heavy atom. The van der Waals surface area contributed by atoms with Crippen molar-refractivity contribution in [3.8, 4) is 17.3 Å². The number of carbonyl (C=O) groups is 1. The molecule has 0 aliphatic rings. The molecular formula is C14H11N2NaO3. The summed E-state index contributed by atoms with van der Waals surface area (Å²) in [6.45, 7) is 1.87. The number of hydrogen-bond donors (Lipinski definition) is 0. The van der Waals surface area contributed by atoms with Gasteiger partial charge in [0, 0.05) is 23.4 Å². The molecule has 0 saturated carbocycles. The van der Waals surface area contributed by atoms with Gasteiger partial charge in [-0.05, 0) is 12.5 Å². The molecule has 0 unspecified atom stereocenters. The Kier molecular flexibility index (Phi) is 6.32. The molecule has 0 bridgehead atoms. The number of carbonyl (C=O) groups excluding carboxylic acids is 1. The molecule has 0 saturated heterocycles. The fourth-order valence-electron chi connectivity index (χ4n) is 1.54. The van der Waals surface area contributed by atoms with Gasteiger partial charge >= 0.3 is 29.6 Å². The average Bonchev–Trinajstić information content (AvgIpc) is 2.90. The van der Waals surface area contributed by atoms with Gasteiger partial charge in [-0.1, -0.05) is 30.3 Å². The van der Waals surface area contributed by atoms with E-state index in [0.29, 0.717) is 5.69 Å². The summed E-state index contributed by atoms with van der Waals surface area (Å²) >= 11 is 0. The van der Waals surface area contributed by atoms with Gasteiger partial charge in [-0.3, -0.25) is 4.79 Å². The summed E-state index contributed by atoms with van der Waals surface area (Å²) in [5, 5.41) is 12.8. The molecule has 5 nitrogen and oxygen atoms in total. The van der Waals surface area contributed by atoms with Crippen molar-refractivity contribution in [2.24, 2.45) is 0 Å². The summed E-state index contributed by atoms with van der Waals surface area (Å²) in [5.41, 5.74) is 1.41. The zero-order chi connectivity index (χ0) is 13.7. The number of nitriles is 1. The van der Waals surface area contributed by atoms with Crippen molar-refractivity contribution >= 4 is 5.97 Å². The normalized spacial score (nSPS) is 9.20. The molecule has 0 N–H and O–H groups in total. The Morgan fingerprint density at radius 1 is 1.45 bits per heavy atom. The van der Waals surface area contributed by atoms with Crippen molar-refractivity contribution in [3.63, 3.8) is 0 Å². The molecule has 0 radical (unpaired) electrons. The second kappa shape index (κ2) is 7.75. The van der Waals surface area contributed by atoms with Crippen LogP contribution in [0.25, 0.3) is 11.3 Å². The largest absolute Gasteiger partial charge is 1.00 e. The molecule has 0 amide bonds. The zero-order valence-corrected chi connectivity index (χ0v) is 13.3. The van der Waals surface area contributed by atoms with E-state index < -0.39 is 5.97 Å². The summed E-state index contributed by atoms with van der Waals surface area (Å²) in [6.07, 6.45) is 0. The Labute approximate surface area is 138 Å². The van der Waals surface area contributed by atoms with E-state index in [0.717, 1.165) is 5.56 Å². The molecule has 0 spiro atoms. The summed E-state index contributed by atoms with van der Waals surface area (Å²) in [5.74, 6) is -0.780. The van der Waals surface area contributed by atoms with Crippen LogP contribution in [0.15, 0.2) is 40.9 Å². The van der Waals surface area contributed by atoms with Gasteiger partial charge in [0.05, 0.1) is 6.61 Å². The predicted molar refractivity (Wildman–Crippen MR) is 66.5 cm³/mol.